The number of halogens is 2. The van der Waals surface area contributed by atoms with Crippen molar-refractivity contribution in [3.8, 4) is 0 Å². The first-order valence-corrected chi connectivity index (χ1v) is 8.32. The van der Waals surface area contributed by atoms with Crippen LogP contribution in [0.3, 0.4) is 0 Å². The van der Waals surface area contributed by atoms with Crippen molar-refractivity contribution >= 4 is 0 Å². The summed E-state index contributed by atoms with van der Waals surface area (Å²) in [5.41, 5.74) is 2.00. The zero-order valence-electron chi connectivity index (χ0n) is 13.4. The summed E-state index contributed by atoms with van der Waals surface area (Å²) >= 11 is 0. The molecular formula is C20H24F2. The molecule has 1 fully saturated rings. The maximum Gasteiger partial charge on any atom is 0.154 e. The molecule has 0 heterocycles. The first-order chi connectivity index (χ1) is 10.5. The molecule has 2 aliphatic carbocycles. The first kappa shape index (κ1) is 15.5. The third-order valence-electron chi connectivity index (χ3n) is 5.44. The predicted molar refractivity (Wildman–Crippen MR) is 87.2 cm³/mol. The number of benzene rings is 1. The SMILES string of the molecule is CC1CCC(c2ccc(C3(C)C=CC(F)=C(F)C3)cc2)CC1. The lowest BCUT2D eigenvalue weighted by molar-refractivity contribution is 0.348. The molecule has 0 nitrogen and oxygen atoms in total. The van der Waals surface area contributed by atoms with Gasteiger partial charge in [-0.2, -0.15) is 0 Å². The van der Waals surface area contributed by atoms with Crippen molar-refractivity contribution in [3.05, 3.63) is 59.2 Å². The van der Waals surface area contributed by atoms with Gasteiger partial charge in [0.2, 0.25) is 0 Å². The fourth-order valence-corrected chi connectivity index (χ4v) is 3.74. The van der Waals surface area contributed by atoms with Gasteiger partial charge in [-0.3, -0.25) is 0 Å². The van der Waals surface area contributed by atoms with Gasteiger partial charge < -0.3 is 0 Å². The van der Waals surface area contributed by atoms with E-state index in [9.17, 15) is 8.78 Å². The van der Waals surface area contributed by atoms with E-state index in [1.54, 1.807) is 6.08 Å². The van der Waals surface area contributed by atoms with Crippen molar-refractivity contribution in [1.82, 2.24) is 0 Å². The summed E-state index contributed by atoms with van der Waals surface area (Å²) in [6, 6.07) is 8.55. The summed E-state index contributed by atoms with van der Waals surface area (Å²) in [6.45, 7) is 4.30. The Labute approximate surface area is 131 Å². The van der Waals surface area contributed by atoms with Crippen LogP contribution in [0.2, 0.25) is 0 Å². The van der Waals surface area contributed by atoms with E-state index in [1.165, 1.54) is 37.3 Å². The van der Waals surface area contributed by atoms with Gasteiger partial charge >= 0.3 is 0 Å². The summed E-state index contributed by atoms with van der Waals surface area (Å²) in [6.07, 6.45) is 8.29. The van der Waals surface area contributed by atoms with Gasteiger partial charge in [-0.15, -0.1) is 0 Å². The second kappa shape index (κ2) is 5.98. The molecule has 0 bridgehead atoms. The van der Waals surface area contributed by atoms with Crippen molar-refractivity contribution < 1.29 is 8.78 Å². The third kappa shape index (κ3) is 3.02. The topological polar surface area (TPSA) is 0 Å². The van der Waals surface area contributed by atoms with E-state index in [4.69, 9.17) is 0 Å². The first-order valence-electron chi connectivity index (χ1n) is 8.32. The Balaban J connectivity index is 1.76. The van der Waals surface area contributed by atoms with Gasteiger partial charge in [0.25, 0.3) is 0 Å². The van der Waals surface area contributed by atoms with Crippen LogP contribution >= 0.6 is 0 Å². The highest BCUT2D eigenvalue weighted by atomic mass is 19.2. The van der Waals surface area contributed by atoms with E-state index in [-0.39, 0.29) is 6.42 Å². The summed E-state index contributed by atoms with van der Waals surface area (Å²) in [5, 5.41) is 0. The molecule has 0 N–H and O–H groups in total. The van der Waals surface area contributed by atoms with Crippen molar-refractivity contribution in [3.63, 3.8) is 0 Å². The summed E-state index contributed by atoms with van der Waals surface area (Å²) in [5.74, 6) is 0.140. The van der Waals surface area contributed by atoms with Gasteiger partial charge in [0.15, 0.2) is 5.83 Å². The standard InChI is InChI=1S/C20H24F2/c1-14-3-5-15(6-4-14)16-7-9-17(10-8-16)20(2)12-11-18(21)19(22)13-20/h7-12,14-15H,3-6,13H2,1-2H3. The van der Waals surface area contributed by atoms with Crippen LogP contribution in [0.25, 0.3) is 0 Å². The Bertz CT molecular complexity index is 589. The second-order valence-electron chi connectivity index (χ2n) is 7.26. The van der Waals surface area contributed by atoms with Gasteiger partial charge in [-0.05, 0) is 41.9 Å². The molecule has 22 heavy (non-hydrogen) atoms. The highest BCUT2D eigenvalue weighted by Crippen LogP contribution is 2.40. The molecule has 1 aromatic carbocycles. The van der Waals surface area contributed by atoms with Crippen molar-refractivity contribution in [1.29, 1.82) is 0 Å². The molecule has 0 saturated heterocycles. The van der Waals surface area contributed by atoms with Crippen LogP contribution in [0.1, 0.15) is 63.0 Å². The van der Waals surface area contributed by atoms with Crippen molar-refractivity contribution in [2.45, 2.75) is 57.3 Å². The summed E-state index contributed by atoms with van der Waals surface area (Å²) in [7, 11) is 0. The van der Waals surface area contributed by atoms with Gasteiger partial charge in [-0.1, -0.05) is 57.0 Å². The van der Waals surface area contributed by atoms with Crippen LogP contribution < -0.4 is 0 Å². The fraction of sp³-hybridized carbons (Fsp3) is 0.500. The maximum atomic E-state index is 13.6. The molecule has 118 valence electrons. The fourth-order valence-electron chi connectivity index (χ4n) is 3.74. The Morgan fingerprint density at radius 3 is 2.23 bits per heavy atom. The van der Waals surface area contributed by atoms with Gasteiger partial charge in [0, 0.05) is 11.8 Å². The zero-order chi connectivity index (χ0) is 15.7. The molecule has 2 heteroatoms. The third-order valence-corrected chi connectivity index (χ3v) is 5.44. The monoisotopic (exact) mass is 302 g/mol. The van der Waals surface area contributed by atoms with E-state index in [2.05, 4.69) is 31.2 Å². The van der Waals surface area contributed by atoms with Crippen molar-refractivity contribution in [2.75, 3.05) is 0 Å². The van der Waals surface area contributed by atoms with Crippen LogP contribution in [0, 0.1) is 5.92 Å². The van der Waals surface area contributed by atoms with Crippen molar-refractivity contribution in [2.24, 2.45) is 5.92 Å². The van der Waals surface area contributed by atoms with Gasteiger partial charge in [0.1, 0.15) is 5.83 Å². The van der Waals surface area contributed by atoms with E-state index in [0.717, 1.165) is 11.5 Å². The van der Waals surface area contributed by atoms with Gasteiger partial charge in [0.05, 0.1) is 0 Å². The minimum atomic E-state index is -0.731. The zero-order valence-corrected chi connectivity index (χ0v) is 13.4. The molecule has 0 spiro atoms. The number of allylic oxidation sites excluding steroid dienone is 4. The van der Waals surface area contributed by atoms with Gasteiger partial charge in [-0.25, -0.2) is 8.78 Å². The molecule has 1 aromatic rings. The lowest BCUT2D eigenvalue weighted by Gasteiger charge is -2.30. The molecule has 1 unspecified atom stereocenters. The molecule has 0 amide bonds. The lowest BCUT2D eigenvalue weighted by atomic mass is 9.75. The van der Waals surface area contributed by atoms with Crippen LogP contribution in [0.15, 0.2) is 48.1 Å². The Hall–Kier alpha value is -1.44. The number of hydrogen-bond acceptors (Lipinski definition) is 0. The summed E-state index contributed by atoms with van der Waals surface area (Å²) < 4.78 is 26.8. The highest BCUT2D eigenvalue weighted by Gasteiger charge is 2.30. The minimum Gasteiger partial charge on any atom is -0.209 e. The number of hydrogen-bond donors (Lipinski definition) is 0. The van der Waals surface area contributed by atoms with E-state index in [0.29, 0.717) is 5.92 Å². The molecule has 1 atom stereocenters. The van der Waals surface area contributed by atoms with Crippen LogP contribution in [-0.4, -0.2) is 0 Å². The molecular weight excluding hydrogens is 278 g/mol. The second-order valence-corrected chi connectivity index (χ2v) is 7.26. The maximum absolute atomic E-state index is 13.6. The van der Waals surface area contributed by atoms with E-state index < -0.39 is 17.1 Å². The number of rotatable bonds is 2. The molecule has 0 aliphatic heterocycles. The Morgan fingerprint density at radius 1 is 1.00 bits per heavy atom. The smallest absolute Gasteiger partial charge is 0.154 e. The minimum absolute atomic E-state index is 0.107. The lowest BCUT2D eigenvalue weighted by Crippen LogP contribution is -2.21. The molecule has 0 aromatic heterocycles. The predicted octanol–water partition coefficient (Wildman–Crippen LogP) is 6.35. The quantitative estimate of drug-likeness (QED) is 0.597. The normalized spacial score (nSPS) is 32.4. The van der Waals surface area contributed by atoms with E-state index >= 15 is 0 Å². The van der Waals surface area contributed by atoms with E-state index in [1.807, 2.05) is 6.92 Å². The average molecular weight is 302 g/mol. The molecule has 1 saturated carbocycles. The Morgan fingerprint density at radius 2 is 1.64 bits per heavy atom. The Kier molecular flexibility index (Phi) is 4.20. The highest BCUT2D eigenvalue weighted by molar-refractivity contribution is 5.39. The summed E-state index contributed by atoms with van der Waals surface area (Å²) in [4.78, 5) is 0. The van der Waals surface area contributed by atoms with Crippen LogP contribution in [0.5, 0.6) is 0 Å². The average Bonchev–Trinajstić information content (AvgIpc) is 2.52. The molecule has 0 radical (unpaired) electrons. The molecule has 3 rings (SSSR count). The molecule has 2 aliphatic rings. The van der Waals surface area contributed by atoms with Crippen LogP contribution in [-0.2, 0) is 5.41 Å². The largest absolute Gasteiger partial charge is 0.209 e. The van der Waals surface area contributed by atoms with Crippen LogP contribution in [0.4, 0.5) is 8.78 Å².